The molecule has 2 heterocycles. The van der Waals surface area contributed by atoms with Gasteiger partial charge in [-0.1, -0.05) is 54.6 Å². The smallest absolute Gasteiger partial charge is 0.254 e. The average molecular weight is 455 g/mol. The minimum atomic E-state index is -0.400. The lowest BCUT2D eigenvalue weighted by Gasteiger charge is -2.31. The number of nitrogens with zero attached hydrogens (tertiary/aromatic N) is 2. The van der Waals surface area contributed by atoms with Crippen molar-refractivity contribution in [3.8, 4) is 22.8 Å². The lowest BCUT2D eigenvalue weighted by molar-refractivity contribution is 0.0651. The summed E-state index contributed by atoms with van der Waals surface area (Å²) in [5.41, 5.74) is 2.05. The van der Waals surface area contributed by atoms with Crippen molar-refractivity contribution < 1.29 is 18.4 Å². The van der Waals surface area contributed by atoms with E-state index in [9.17, 15) is 14.0 Å². The predicted octanol–water partition coefficient (Wildman–Crippen LogP) is 5.88. The van der Waals surface area contributed by atoms with Gasteiger partial charge < -0.3 is 9.32 Å². The highest BCUT2D eigenvalue weighted by Gasteiger charge is 2.29. The van der Waals surface area contributed by atoms with Crippen molar-refractivity contribution in [3.63, 3.8) is 0 Å². The molecule has 5 rings (SSSR count). The number of carbonyl (C=O) groups is 2. The molecule has 1 aliphatic heterocycles. The molecule has 0 saturated carbocycles. The number of amides is 1. The van der Waals surface area contributed by atoms with Crippen LogP contribution in [0.25, 0.3) is 22.8 Å². The lowest BCUT2D eigenvalue weighted by atomic mass is 9.88. The molecule has 1 saturated heterocycles. The standard InChI is InChI=1S/C28H23FN2O3/c29-24-13-7-6-12-23(24)25-18-30-27(34-25)21-10-4-5-11-22(21)28(33)31-16-14-20(15-17-31)26(32)19-8-2-1-3-9-19/h1-13,18,20H,14-17H2. The van der Waals surface area contributed by atoms with Crippen LogP contribution in [0, 0.1) is 11.7 Å². The first-order chi connectivity index (χ1) is 16.6. The van der Waals surface area contributed by atoms with Crippen LogP contribution in [0.1, 0.15) is 33.6 Å². The second-order valence-electron chi connectivity index (χ2n) is 8.35. The molecule has 1 aliphatic rings. The Balaban J connectivity index is 1.33. The minimum absolute atomic E-state index is 0.0863. The third kappa shape index (κ3) is 4.27. The number of carbonyl (C=O) groups excluding carboxylic acids is 2. The molecule has 5 nitrogen and oxygen atoms in total. The van der Waals surface area contributed by atoms with Crippen LogP contribution in [-0.4, -0.2) is 34.7 Å². The summed E-state index contributed by atoms with van der Waals surface area (Å²) in [6.07, 6.45) is 2.71. The normalized spacial score (nSPS) is 14.2. The average Bonchev–Trinajstić information content (AvgIpc) is 3.39. The molecule has 4 aromatic rings. The van der Waals surface area contributed by atoms with E-state index in [1.165, 1.54) is 12.3 Å². The van der Waals surface area contributed by atoms with Gasteiger partial charge >= 0.3 is 0 Å². The summed E-state index contributed by atoms with van der Waals surface area (Å²) in [5.74, 6) is 0.0755. The number of oxazole rings is 1. The Bertz CT molecular complexity index is 1320. The Morgan fingerprint density at radius 3 is 2.24 bits per heavy atom. The maximum atomic E-state index is 14.2. The Hall–Kier alpha value is -4.06. The van der Waals surface area contributed by atoms with Crippen LogP contribution in [0.15, 0.2) is 89.5 Å². The first kappa shape index (κ1) is 21.8. The molecular weight excluding hydrogens is 431 g/mol. The van der Waals surface area contributed by atoms with Crippen molar-refractivity contribution in [1.29, 1.82) is 0 Å². The van der Waals surface area contributed by atoms with E-state index in [2.05, 4.69) is 4.98 Å². The first-order valence-electron chi connectivity index (χ1n) is 11.3. The number of halogens is 1. The number of aromatic nitrogens is 1. The van der Waals surface area contributed by atoms with Gasteiger partial charge in [-0.25, -0.2) is 9.37 Å². The van der Waals surface area contributed by atoms with E-state index < -0.39 is 5.82 Å². The second kappa shape index (κ2) is 9.43. The van der Waals surface area contributed by atoms with Crippen LogP contribution in [-0.2, 0) is 0 Å². The molecule has 0 spiro atoms. The van der Waals surface area contributed by atoms with E-state index in [4.69, 9.17) is 4.42 Å². The Labute approximate surface area is 196 Å². The van der Waals surface area contributed by atoms with Gasteiger partial charge in [0, 0.05) is 30.1 Å². The zero-order valence-corrected chi connectivity index (χ0v) is 18.5. The maximum Gasteiger partial charge on any atom is 0.254 e. The van der Waals surface area contributed by atoms with Crippen molar-refractivity contribution in [2.45, 2.75) is 12.8 Å². The molecule has 1 aromatic heterocycles. The molecular formula is C28H23FN2O3. The fraction of sp³-hybridized carbons (Fsp3) is 0.179. The SMILES string of the molecule is O=C(c1ccccc1)C1CCN(C(=O)c2ccccc2-c2ncc(-c3ccccc3F)o2)CC1. The fourth-order valence-electron chi connectivity index (χ4n) is 4.39. The highest BCUT2D eigenvalue weighted by Crippen LogP contribution is 2.31. The van der Waals surface area contributed by atoms with Gasteiger partial charge in [-0.05, 0) is 37.1 Å². The Morgan fingerprint density at radius 1 is 0.853 bits per heavy atom. The molecule has 1 amide bonds. The van der Waals surface area contributed by atoms with E-state index in [1.54, 1.807) is 41.3 Å². The quantitative estimate of drug-likeness (QED) is 0.353. The second-order valence-corrected chi connectivity index (χ2v) is 8.35. The van der Waals surface area contributed by atoms with Crippen molar-refractivity contribution in [2.75, 3.05) is 13.1 Å². The maximum absolute atomic E-state index is 14.2. The summed E-state index contributed by atoms with van der Waals surface area (Å²) in [4.78, 5) is 32.2. The van der Waals surface area contributed by atoms with Gasteiger partial charge in [-0.3, -0.25) is 9.59 Å². The molecule has 6 heteroatoms. The van der Waals surface area contributed by atoms with Crippen molar-refractivity contribution in [1.82, 2.24) is 9.88 Å². The largest absolute Gasteiger partial charge is 0.436 e. The Morgan fingerprint density at radius 2 is 1.50 bits per heavy atom. The van der Waals surface area contributed by atoms with Gasteiger partial charge in [0.1, 0.15) is 5.82 Å². The minimum Gasteiger partial charge on any atom is -0.436 e. The summed E-state index contributed by atoms with van der Waals surface area (Å²) < 4.78 is 20.0. The zero-order chi connectivity index (χ0) is 23.5. The number of Topliss-reactive ketones (excluding diaryl/α,β-unsaturated/α-hetero) is 1. The van der Waals surface area contributed by atoms with Gasteiger partial charge in [0.25, 0.3) is 5.91 Å². The number of hydrogen-bond donors (Lipinski definition) is 0. The molecule has 34 heavy (non-hydrogen) atoms. The first-order valence-corrected chi connectivity index (χ1v) is 11.3. The number of piperidine rings is 1. The van der Waals surface area contributed by atoms with Crippen molar-refractivity contribution in [3.05, 3.63) is 102 Å². The number of rotatable bonds is 5. The fourth-order valence-corrected chi connectivity index (χ4v) is 4.39. The van der Waals surface area contributed by atoms with Crippen LogP contribution in [0.2, 0.25) is 0 Å². The summed E-state index contributed by atoms with van der Waals surface area (Å²) in [5, 5.41) is 0. The molecule has 0 atom stereocenters. The third-order valence-electron chi connectivity index (χ3n) is 6.24. The van der Waals surface area contributed by atoms with E-state index in [-0.39, 0.29) is 23.5 Å². The molecule has 0 aliphatic carbocycles. The summed E-state index contributed by atoms with van der Waals surface area (Å²) >= 11 is 0. The van der Waals surface area contributed by atoms with Crippen LogP contribution < -0.4 is 0 Å². The predicted molar refractivity (Wildman–Crippen MR) is 127 cm³/mol. The molecule has 0 N–H and O–H groups in total. The van der Waals surface area contributed by atoms with E-state index in [1.807, 2.05) is 36.4 Å². The van der Waals surface area contributed by atoms with Crippen LogP contribution in [0.5, 0.6) is 0 Å². The van der Waals surface area contributed by atoms with Crippen molar-refractivity contribution in [2.24, 2.45) is 5.92 Å². The topological polar surface area (TPSA) is 63.4 Å². The van der Waals surface area contributed by atoms with Gasteiger partial charge in [0.05, 0.1) is 17.3 Å². The molecule has 0 radical (unpaired) electrons. The van der Waals surface area contributed by atoms with Gasteiger partial charge in [-0.15, -0.1) is 0 Å². The zero-order valence-electron chi connectivity index (χ0n) is 18.5. The summed E-state index contributed by atoms with van der Waals surface area (Å²) in [7, 11) is 0. The Kier molecular flexibility index (Phi) is 6.04. The number of hydrogen-bond acceptors (Lipinski definition) is 4. The van der Waals surface area contributed by atoms with Crippen LogP contribution >= 0.6 is 0 Å². The monoisotopic (exact) mass is 454 g/mol. The van der Waals surface area contributed by atoms with E-state index >= 15 is 0 Å². The number of ketones is 1. The van der Waals surface area contributed by atoms with Gasteiger partial charge in [-0.2, -0.15) is 0 Å². The highest BCUT2D eigenvalue weighted by molar-refractivity contribution is 6.01. The molecule has 0 bridgehead atoms. The van der Waals surface area contributed by atoms with Crippen molar-refractivity contribution >= 4 is 11.7 Å². The summed E-state index contributed by atoms with van der Waals surface area (Å²) in [6.45, 7) is 1.00. The molecule has 0 unspecified atom stereocenters. The van der Waals surface area contributed by atoms with Gasteiger partial charge in [0.2, 0.25) is 5.89 Å². The third-order valence-corrected chi connectivity index (χ3v) is 6.24. The van der Waals surface area contributed by atoms with Crippen LogP contribution in [0.4, 0.5) is 4.39 Å². The van der Waals surface area contributed by atoms with E-state index in [0.29, 0.717) is 53.9 Å². The lowest BCUT2D eigenvalue weighted by Crippen LogP contribution is -2.40. The van der Waals surface area contributed by atoms with Gasteiger partial charge in [0.15, 0.2) is 11.5 Å². The number of benzene rings is 3. The summed E-state index contributed by atoms with van der Waals surface area (Å²) in [6, 6.07) is 22.7. The highest BCUT2D eigenvalue weighted by atomic mass is 19.1. The molecule has 1 fully saturated rings. The number of likely N-dealkylation sites (tertiary alicyclic amines) is 1. The molecule has 170 valence electrons. The van der Waals surface area contributed by atoms with Crippen LogP contribution in [0.3, 0.4) is 0 Å². The van der Waals surface area contributed by atoms with E-state index in [0.717, 1.165) is 0 Å². The molecule has 3 aromatic carbocycles.